The molecule has 2 saturated heterocycles. The van der Waals surface area contributed by atoms with Gasteiger partial charge in [-0.25, -0.2) is 0 Å². The third kappa shape index (κ3) is 0.990. The van der Waals surface area contributed by atoms with Crippen molar-refractivity contribution in [2.45, 2.75) is 23.8 Å². The molecule has 0 aliphatic carbocycles. The fourth-order valence-corrected chi connectivity index (χ4v) is 6.12. The van der Waals surface area contributed by atoms with Gasteiger partial charge in [0.2, 0.25) is 0 Å². The molecule has 2 aliphatic heterocycles. The number of hydrogen-bond acceptors (Lipinski definition) is 2. The first-order valence-electron chi connectivity index (χ1n) is 3.78. The van der Waals surface area contributed by atoms with Crippen molar-refractivity contribution in [3.63, 3.8) is 0 Å². The Morgan fingerprint density at radius 2 is 2.40 bits per heavy atom. The van der Waals surface area contributed by atoms with Gasteiger partial charge in [0.1, 0.15) is 11.0 Å². The SMILES string of the molecule is CC1C[S+]([O-])C2CCSC12. The highest BCUT2D eigenvalue weighted by Crippen LogP contribution is 2.42. The van der Waals surface area contributed by atoms with Gasteiger partial charge in [0.05, 0.1) is 5.25 Å². The average Bonchev–Trinajstić information content (AvgIpc) is 2.39. The van der Waals surface area contributed by atoms with Crippen LogP contribution in [-0.4, -0.2) is 26.6 Å². The Hall–Kier alpha value is 0.660. The van der Waals surface area contributed by atoms with Gasteiger partial charge in [-0.15, -0.1) is 0 Å². The molecule has 1 nitrogen and oxygen atoms in total. The lowest BCUT2D eigenvalue weighted by atomic mass is 10.1. The second-order valence-corrected chi connectivity index (χ2v) is 6.17. The smallest absolute Gasteiger partial charge is 0.128 e. The lowest BCUT2D eigenvalue weighted by Crippen LogP contribution is -2.19. The summed E-state index contributed by atoms with van der Waals surface area (Å²) in [5.74, 6) is 2.91. The van der Waals surface area contributed by atoms with Crippen LogP contribution in [0.15, 0.2) is 0 Å². The van der Waals surface area contributed by atoms with Crippen molar-refractivity contribution in [2.24, 2.45) is 5.92 Å². The number of hydrogen-bond donors (Lipinski definition) is 0. The van der Waals surface area contributed by atoms with Crippen LogP contribution in [0, 0.1) is 5.92 Å². The summed E-state index contributed by atoms with van der Waals surface area (Å²) in [7, 11) is 0. The molecular formula is C7H12OS2. The molecule has 2 fully saturated rings. The van der Waals surface area contributed by atoms with Crippen molar-refractivity contribution in [1.82, 2.24) is 0 Å². The van der Waals surface area contributed by atoms with E-state index < -0.39 is 11.2 Å². The summed E-state index contributed by atoms with van der Waals surface area (Å²) >= 11 is 1.55. The molecule has 2 rings (SSSR count). The maximum absolute atomic E-state index is 11.4. The minimum absolute atomic E-state index is 0.479. The van der Waals surface area contributed by atoms with E-state index in [0.29, 0.717) is 11.2 Å². The van der Waals surface area contributed by atoms with Gasteiger partial charge in [-0.2, -0.15) is 11.8 Å². The first-order chi connectivity index (χ1) is 4.79. The van der Waals surface area contributed by atoms with Gasteiger partial charge in [0, 0.05) is 12.3 Å². The highest BCUT2D eigenvalue weighted by Gasteiger charge is 2.47. The lowest BCUT2D eigenvalue weighted by Gasteiger charge is -2.09. The predicted octanol–water partition coefficient (Wildman–Crippen LogP) is 1.26. The second kappa shape index (κ2) is 2.61. The van der Waals surface area contributed by atoms with Gasteiger partial charge < -0.3 is 4.55 Å². The van der Waals surface area contributed by atoms with Crippen molar-refractivity contribution < 1.29 is 4.55 Å². The van der Waals surface area contributed by atoms with E-state index in [1.165, 1.54) is 12.2 Å². The minimum Gasteiger partial charge on any atom is -0.616 e. The van der Waals surface area contributed by atoms with E-state index in [1.54, 1.807) is 0 Å². The molecule has 4 unspecified atom stereocenters. The summed E-state index contributed by atoms with van der Waals surface area (Å²) in [5.41, 5.74) is 0. The second-order valence-electron chi connectivity index (χ2n) is 3.19. The number of fused-ring (bicyclic) bond motifs is 1. The Labute approximate surface area is 69.1 Å². The number of rotatable bonds is 0. The van der Waals surface area contributed by atoms with Gasteiger partial charge in [0.15, 0.2) is 0 Å². The molecule has 2 heterocycles. The number of thioether (sulfide) groups is 1. The van der Waals surface area contributed by atoms with Gasteiger partial charge in [-0.3, -0.25) is 0 Å². The molecule has 10 heavy (non-hydrogen) atoms. The van der Waals surface area contributed by atoms with Crippen LogP contribution in [0.3, 0.4) is 0 Å². The van der Waals surface area contributed by atoms with Crippen LogP contribution >= 0.6 is 11.8 Å². The van der Waals surface area contributed by atoms with Crippen LogP contribution < -0.4 is 0 Å². The summed E-state index contributed by atoms with van der Waals surface area (Å²) in [4.78, 5) is 0. The third-order valence-corrected chi connectivity index (χ3v) is 6.29. The van der Waals surface area contributed by atoms with Crippen molar-refractivity contribution in [1.29, 1.82) is 0 Å². The van der Waals surface area contributed by atoms with Crippen LogP contribution in [0.1, 0.15) is 13.3 Å². The summed E-state index contributed by atoms with van der Waals surface area (Å²) in [6.45, 7) is 2.24. The molecule has 3 heteroatoms. The topological polar surface area (TPSA) is 23.1 Å². The monoisotopic (exact) mass is 176 g/mol. The molecule has 0 aromatic carbocycles. The summed E-state index contributed by atoms with van der Waals surface area (Å²) < 4.78 is 11.4. The van der Waals surface area contributed by atoms with Gasteiger partial charge in [-0.1, -0.05) is 6.92 Å². The van der Waals surface area contributed by atoms with Crippen molar-refractivity contribution in [2.75, 3.05) is 11.5 Å². The zero-order chi connectivity index (χ0) is 7.14. The van der Waals surface area contributed by atoms with Crippen LogP contribution in [0.4, 0.5) is 0 Å². The summed E-state index contributed by atoms with van der Waals surface area (Å²) in [5, 5.41) is 1.29. The first-order valence-corrected chi connectivity index (χ1v) is 6.21. The minimum atomic E-state index is -0.479. The Morgan fingerprint density at radius 3 is 3.10 bits per heavy atom. The largest absolute Gasteiger partial charge is 0.616 e. The van der Waals surface area contributed by atoms with E-state index in [0.717, 1.165) is 11.0 Å². The van der Waals surface area contributed by atoms with Gasteiger partial charge in [-0.05, 0) is 16.9 Å². The third-order valence-electron chi connectivity index (χ3n) is 2.40. The van der Waals surface area contributed by atoms with Crippen molar-refractivity contribution >= 4 is 22.9 Å². The Morgan fingerprint density at radius 1 is 1.60 bits per heavy atom. The van der Waals surface area contributed by atoms with E-state index in [9.17, 15) is 4.55 Å². The van der Waals surface area contributed by atoms with Crippen LogP contribution in [-0.2, 0) is 11.2 Å². The quantitative estimate of drug-likeness (QED) is 0.519. The average molecular weight is 176 g/mol. The predicted molar refractivity (Wildman–Crippen MR) is 46.8 cm³/mol. The van der Waals surface area contributed by atoms with E-state index >= 15 is 0 Å². The van der Waals surface area contributed by atoms with E-state index in [-0.39, 0.29) is 0 Å². The molecule has 2 aliphatic rings. The summed E-state index contributed by atoms with van der Waals surface area (Å²) in [6.07, 6.45) is 1.20. The first kappa shape index (κ1) is 7.32. The van der Waals surface area contributed by atoms with Gasteiger partial charge in [0.25, 0.3) is 0 Å². The van der Waals surface area contributed by atoms with Crippen LogP contribution in [0.2, 0.25) is 0 Å². The Balaban J connectivity index is 2.11. The maximum Gasteiger partial charge on any atom is 0.128 e. The molecule has 0 aromatic heterocycles. The van der Waals surface area contributed by atoms with Gasteiger partial charge >= 0.3 is 0 Å². The molecule has 0 bridgehead atoms. The van der Waals surface area contributed by atoms with E-state index in [4.69, 9.17) is 0 Å². The molecule has 0 spiro atoms. The standard InChI is InChI=1S/C7H12OS2/c1-5-4-10(8)6-2-3-9-7(5)6/h5-7H,2-4H2,1H3. The molecule has 0 radical (unpaired) electrons. The van der Waals surface area contributed by atoms with Crippen molar-refractivity contribution in [3.05, 3.63) is 0 Å². The Bertz CT molecular complexity index is 126. The molecular weight excluding hydrogens is 164 g/mol. The lowest BCUT2D eigenvalue weighted by molar-refractivity contribution is 0.589. The molecule has 58 valence electrons. The van der Waals surface area contributed by atoms with E-state index in [2.05, 4.69) is 6.92 Å². The molecule has 0 N–H and O–H groups in total. The highest BCUT2D eigenvalue weighted by atomic mass is 32.2. The van der Waals surface area contributed by atoms with Crippen LogP contribution in [0.5, 0.6) is 0 Å². The molecule has 0 amide bonds. The zero-order valence-corrected chi connectivity index (χ0v) is 7.71. The highest BCUT2D eigenvalue weighted by molar-refractivity contribution is 8.02. The Kier molecular flexibility index (Phi) is 1.91. The summed E-state index contributed by atoms with van der Waals surface area (Å²) in [6, 6.07) is 0. The normalized spacial score (nSPS) is 53.4. The van der Waals surface area contributed by atoms with Crippen LogP contribution in [0.25, 0.3) is 0 Å². The molecule has 0 aromatic rings. The fourth-order valence-electron chi connectivity index (χ4n) is 1.88. The van der Waals surface area contributed by atoms with E-state index in [1.807, 2.05) is 11.8 Å². The van der Waals surface area contributed by atoms with Crippen molar-refractivity contribution in [3.8, 4) is 0 Å². The molecule has 4 atom stereocenters. The molecule has 0 saturated carbocycles. The fraction of sp³-hybridized carbons (Fsp3) is 1.00. The maximum atomic E-state index is 11.4. The zero-order valence-electron chi connectivity index (χ0n) is 6.08.